The minimum Gasteiger partial charge on any atom is -0.480 e. The number of nitrogens with zero attached hydrogens (tertiary/aromatic N) is 1. The van der Waals surface area contributed by atoms with Crippen LogP contribution in [-0.4, -0.2) is 34.1 Å². The van der Waals surface area contributed by atoms with Crippen molar-refractivity contribution in [1.82, 2.24) is 5.32 Å². The number of rotatable bonds is 8. The van der Waals surface area contributed by atoms with Crippen LogP contribution in [0.15, 0.2) is 18.2 Å². The van der Waals surface area contributed by atoms with Crippen molar-refractivity contribution in [2.45, 2.75) is 39.3 Å². The number of nitrogens with one attached hydrogen (secondary N) is 1. The largest absolute Gasteiger partial charge is 0.480 e. The van der Waals surface area contributed by atoms with E-state index in [1.807, 2.05) is 13.8 Å². The molecule has 0 aliphatic heterocycles. The number of nitro groups is 1. The van der Waals surface area contributed by atoms with E-state index >= 15 is 0 Å². The van der Waals surface area contributed by atoms with Crippen LogP contribution in [0.1, 0.15) is 27.2 Å². The Morgan fingerprint density at radius 1 is 1.38 bits per heavy atom. The Hall–Kier alpha value is -2.35. The molecule has 0 heterocycles. The average molecular weight is 359 g/mol. The van der Waals surface area contributed by atoms with Crippen molar-refractivity contribution < 1.29 is 24.4 Å². The summed E-state index contributed by atoms with van der Waals surface area (Å²) in [5.74, 6) is -1.88. The van der Waals surface area contributed by atoms with Gasteiger partial charge >= 0.3 is 11.7 Å². The Kier molecular flexibility index (Phi) is 6.97. The van der Waals surface area contributed by atoms with Crippen molar-refractivity contribution in [3.05, 3.63) is 33.3 Å². The van der Waals surface area contributed by atoms with Crippen LogP contribution in [0.5, 0.6) is 5.75 Å². The fourth-order valence-corrected chi connectivity index (χ4v) is 2.13. The van der Waals surface area contributed by atoms with E-state index in [1.54, 1.807) is 0 Å². The summed E-state index contributed by atoms with van der Waals surface area (Å²) in [6.45, 7) is 5.04. The molecular formula is C15H19ClN2O6. The molecule has 0 spiro atoms. The second-order valence-corrected chi connectivity index (χ2v) is 6.09. The van der Waals surface area contributed by atoms with Crippen LogP contribution < -0.4 is 10.1 Å². The summed E-state index contributed by atoms with van der Waals surface area (Å²) in [6.07, 6.45) is -0.853. The molecule has 0 aliphatic carbocycles. The summed E-state index contributed by atoms with van der Waals surface area (Å²) in [6, 6.07) is 2.74. The van der Waals surface area contributed by atoms with Gasteiger partial charge in [0.1, 0.15) is 6.04 Å². The molecule has 0 saturated heterocycles. The molecule has 1 rings (SSSR count). The van der Waals surface area contributed by atoms with Gasteiger partial charge in [-0.3, -0.25) is 14.9 Å². The van der Waals surface area contributed by atoms with E-state index < -0.39 is 28.9 Å². The summed E-state index contributed by atoms with van der Waals surface area (Å²) in [4.78, 5) is 33.6. The highest BCUT2D eigenvalue weighted by Gasteiger charge is 2.26. The summed E-state index contributed by atoms with van der Waals surface area (Å²) in [5, 5.41) is 22.7. The first-order valence-electron chi connectivity index (χ1n) is 7.25. The van der Waals surface area contributed by atoms with Gasteiger partial charge in [-0.1, -0.05) is 25.4 Å². The van der Waals surface area contributed by atoms with Gasteiger partial charge in [-0.15, -0.1) is 0 Å². The molecule has 2 atom stereocenters. The highest BCUT2D eigenvalue weighted by atomic mass is 35.5. The topological polar surface area (TPSA) is 119 Å². The minimum atomic E-state index is -1.15. The van der Waals surface area contributed by atoms with Gasteiger partial charge in [0.15, 0.2) is 11.9 Å². The molecule has 8 nitrogen and oxygen atoms in total. The van der Waals surface area contributed by atoms with Gasteiger partial charge in [0, 0.05) is 11.1 Å². The Labute approximate surface area is 143 Å². The number of amides is 1. The van der Waals surface area contributed by atoms with E-state index in [9.17, 15) is 19.7 Å². The number of hydrogen-bond donors (Lipinski definition) is 2. The molecule has 0 radical (unpaired) electrons. The molecule has 1 aromatic rings. The fraction of sp³-hybridized carbons (Fsp3) is 0.467. The molecule has 24 heavy (non-hydrogen) atoms. The Morgan fingerprint density at radius 3 is 2.50 bits per heavy atom. The zero-order chi connectivity index (χ0) is 18.4. The second kappa shape index (κ2) is 8.49. The number of carboxylic acid groups (broad SMARTS) is 1. The molecule has 0 aromatic heterocycles. The van der Waals surface area contributed by atoms with Crippen LogP contribution in [0.2, 0.25) is 5.02 Å². The van der Waals surface area contributed by atoms with E-state index in [4.69, 9.17) is 21.4 Å². The van der Waals surface area contributed by atoms with Crippen molar-refractivity contribution in [1.29, 1.82) is 0 Å². The third-order valence-electron chi connectivity index (χ3n) is 3.11. The van der Waals surface area contributed by atoms with Gasteiger partial charge < -0.3 is 15.2 Å². The highest BCUT2D eigenvalue weighted by Crippen LogP contribution is 2.30. The summed E-state index contributed by atoms with van der Waals surface area (Å²) in [5.41, 5.74) is -0.376. The highest BCUT2D eigenvalue weighted by molar-refractivity contribution is 6.30. The number of benzene rings is 1. The number of halogens is 1. The van der Waals surface area contributed by atoms with Crippen LogP contribution in [0, 0.1) is 16.0 Å². The molecule has 0 saturated carbocycles. The van der Waals surface area contributed by atoms with Gasteiger partial charge in [-0.25, -0.2) is 4.79 Å². The van der Waals surface area contributed by atoms with E-state index in [2.05, 4.69) is 5.32 Å². The molecule has 1 amide bonds. The zero-order valence-corrected chi connectivity index (χ0v) is 14.2. The van der Waals surface area contributed by atoms with Gasteiger partial charge in [0.05, 0.1) is 4.92 Å². The molecule has 1 unspecified atom stereocenters. The van der Waals surface area contributed by atoms with Crippen LogP contribution in [0.25, 0.3) is 0 Å². The van der Waals surface area contributed by atoms with Crippen molar-refractivity contribution in [3.63, 3.8) is 0 Å². The summed E-state index contributed by atoms with van der Waals surface area (Å²) in [7, 11) is 0. The quantitative estimate of drug-likeness (QED) is 0.544. The van der Waals surface area contributed by atoms with Gasteiger partial charge in [0.25, 0.3) is 5.91 Å². The maximum absolute atomic E-state index is 12.1. The lowest BCUT2D eigenvalue weighted by atomic mass is 10.0. The number of hydrogen-bond acceptors (Lipinski definition) is 5. The van der Waals surface area contributed by atoms with E-state index in [1.165, 1.54) is 19.1 Å². The number of carbonyl (C=O) groups is 2. The Bertz CT molecular complexity index is 634. The predicted octanol–water partition coefficient (Wildman–Crippen LogP) is 2.63. The molecule has 0 aliphatic rings. The van der Waals surface area contributed by atoms with Gasteiger partial charge in [-0.2, -0.15) is 0 Å². The smallest absolute Gasteiger partial charge is 0.326 e. The SMILES string of the molecule is CC(C)C[C@@H](NC(=O)C(C)Oc1ccc(Cl)cc1[N+](=O)[O-])C(=O)O. The first-order valence-corrected chi connectivity index (χ1v) is 7.63. The Balaban J connectivity index is 2.84. The molecular weight excluding hydrogens is 340 g/mol. The summed E-state index contributed by atoms with van der Waals surface area (Å²) < 4.78 is 5.30. The first-order chi connectivity index (χ1) is 11.1. The molecule has 1 aromatic carbocycles. The average Bonchev–Trinajstić information content (AvgIpc) is 2.47. The second-order valence-electron chi connectivity index (χ2n) is 5.66. The zero-order valence-electron chi connectivity index (χ0n) is 13.5. The standard InChI is InChI=1S/C15H19ClN2O6/c1-8(2)6-11(15(20)21)17-14(19)9(3)24-13-5-4-10(16)7-12(13)18(22)23/h4-5,7-9,11H,6H2,1-3H3,(H,17,19)(H,20,21)/t9?,11-/m1/s1. The lowest BCUT2D eigenvalue weighted by molar-refractivity contribution is -0.386. The third-order valence-corrected chi connectivity index (χ3v) is 3.35. The number of nitro benzene ring substituents is 1. The van der Waals surface area contributed by atoms with Crippen molar-refractivity contribution in [3.8, 4) is 5.75 Å². The Morgan fingerprint density at radius 2 is 2.00 bits per heavy atom. The van der Waals surface area contributed by atoms with Crippen molar-refractivity contribution >= 4 is 29.2 Å². The maximum atomic E-state index is 12.1. The molecule has 2 N–H and O–H groups in total. The third kappa shape index (κ3) is 5.69. The molecule has 132 valence electrons. The minimum absolute atomic E-state index is 0.0694. The molecule has 0 fully saturated rings. The van der Waals surface area contributed by atoms with Crippen LogP contribution in [-0.2, 0) is 9.59 Å². The number of ether oxygens (including phenoxy) is 1. The normalized spacial score (nSPS) is 13.2. The van der Waals surface area contributed by atoms with Gasteiger partial charge in [0.2, 0.25) is 0 Å². The fourth-order valence-electron chi connectivity index (χ4n) is 1.96. The summed E-state index contributed by atoms with van der Waals surface area (Å²) >= 11 is 5.71. The maximum Gasteiger partial charge on any atom is 0.326 e. The van der Waals surface area contributed by atoms with E-state index in [0.717, 1.165) is 6.07 Å². The molecule has 0 bridgehead atoms. The lowest BCUT2D eigenvalue weighted by Crippen LogP contribution is -2.46. The number of aliphatic carboxylic acids is 1. The van der Waals surface area contributed by atoms with Gasteiger partial charge in [-0.05, 0) is 31.4 Å². The predicted molar refractivity (Wildman–Crippen MR) is 87.2 cm³/mol. The van der Waals surface area contributed by atoms with Crippen molar-refractivity contribution in [2.24, 2.45) is 5.92 Å². The first kappa shape index (κ1) is 19.7. The van der Waals surface area contributed by atoms with Crippen molar-refractivity contribution in [2.75, 3.05) is 0 Å². The van der Waals surface area contributed by atoms with Crippen LogP contribution >= 0.6 is 11.6 Å². The lowest BCUT2D eigenvalue weighted by Gasteiger charge is -2.20. The molecule has 9 heteroatoms. The number of carbonyl (C=O) groups excluding carboxylic acids is 1. The van der Waals surface area contributed by atoms with E-state index in [-0.39, 0.29) is 28.8 Å². The number of carboxylic acids is 1. The monoisotopic (exact) mass is 358 g/mol. The van der Waals surface area contributed by atoms with Crippen LogP contribution in [0.3, 0.4) is 0 Å². The van der Waals surface area contributed by atoms with Crippen LogP contribution in [0.4, 0.5) is 5.69 Å². The van der Waals surface area contributed by atoms with E-state index in [0.29, 0.717) is 0 Å².